The Morgan fingerprint density at radius 3 is 2.28 bits per heavy atom. The first-order valence-corrected chi connectivity index (χ1v) is 6.66. The van der Waals surface area contributed by atoms with E-state index in [1.54, 1.807) is 18.7 Å². The quantitative estimate of drug-likeness (QED) is 0.541. The predicted octanol–water partition coefficient (Wildman–Crippen LogP) is 0.361. The Balaban J connectivity index is 2.03. The lowest BCUT2D eigenvalue weighted by Gasteiger charge is -2.38. The number of carbonyl (C=O) groups excluding carboxylic acids is 3. The summed E-state index contributed by atoms with van der Waals surface area (Å²) in [5.74, 6) is -0.278. The van der Waals surface area contributed by atoms with Crippen molar-refractivity contribution < 1.29 is 14.4 Å². The number of alkyl halides is 1. The number of nitrogens with one attached hydrogen (secondary N) is 2. The van der Waals surface area contributed by atoms with Crippen LogP contribution in [0.4, 0.5) is 4.79 Å². The molecule has 0 atom stereocenters. The number of carbonyl (C=O) groups is 3. The van der Waals surface area contributed by atoms with Gasteiger partial charge in [0.1, 0.15) is 5.54 Å². The standard InChI is InChI=1S/C11H16BrN3O3/c1-10(2,12)8(17)15-5-3-11(4-6-15)7(16)13-9(18)14-11/h3-6H2,1-2H3,(H2,13,14,16,18). The highest BCUT2D eigenvalue weighted by molar-refractivity contribution is 9.10. The minimum absolute atomic E-state index is 0.00193. The molecule has 2 fully saturated rings. The molecular formula is C11H16BrN3O3. The van der Waals surface area contributed by atoms with E-state index < -0.39 is 15.9 Å². The Kier molecular flexibility index (Phi) is 3.12. The molecule has 2 N–H and O–H groups in total. The van der Waals surface area contributed by atoms with Crippen LogP contribution >= 0.6 is 15.9 Å². The van der Waals surface area contributed by atoms with Crippen molar-refractivity contribution in [3.05, 3.63) is 0 Å². The molecular weight excluding hydrogens is 302 g/mol. The number of rotatable bonds is 1. The van der Waals surface area contributed by atoms with Crippen LogP contribution in [0.15, 0.2) is 0 Å². The molecule has 0 saturated carbocycles. The summed E-state index contributed by atoms with van der Waals surface area (Å²) >= 11 is 3.34. The number of halogens is 1. The van der Waals surface area contributed by atoms with E-state index in [1.165, 1.54) is 0 Å². The molecule has 0 aromatic carbocycles. The molecule has 2 rings (SSSR count). The number of amides is 4. The van der Waals surface area contributed by atoms with Gasteiger partial charge in [0.25, 0.3) is 5.91 Å². The van der Waals surface area contributed by atoms with Gasteiger partial charge in [-0.2, -0.15) is 0 Å². The molecule has 7 heteroatoms. The molecule has 2 aliphatic rings. The molecule has 0 radical (unpaired) electrons. The lowest BCUT2D eigenvalue weighted by molar-refractivity contribution is -0.137. The molecule has 2 saturated heterocycles. The van der Waals surface area contributed by atoms with Crippen molar-refractivity contribution in [1.29, 1.82) is 0 Å². The van der Waals surface area contributed by atoms with Crippen LogP contribution in [0.25, 0.3) is 0 Å². The molecule has 100 valence electrons. The summed E-state index contributed by atoms with van der Waals surface area (Å²) in [7, 11) is 0. The summed E-state index contributed by atoms with van der Waals surface area (Å²) in [5, 5.41) is 4.92. The van der Waals surface area contributed by atoms with Crippen molar-refractivity contribution in [1.82, 2.24) is 15.5 Å². The fourth-order valence-electron chi connectivity index (χ4n) is 2.35. The van der Waals surface area contributed by atoms with E-state index in [2.05, 4.69) is 26.6 Å². The monoisotopic (exact) mass is 317 g/mol. The largest absolute Gasteiger partial charge is 0.341 e. The molecule has 0 bridgehead atoms. The van der Waals surface area contributed by atoms with Crippen LogP contribution in [0.2, 0.25) is 0 Å². The second-order valence-corrected chi connectivity index (χ2v) is 7.24. The lowest BCUT2D eigenvalue weighted by atomic mass is 9.87. The number of urea groups is 1. The van der Waals surface area contributed by atoms with Crippen molar-refractivity contribution in [2.75, 3.05) is 13.1 Å². The zero-order chi connectivity index (χ0) is 13.6. The number of hydrogen-bond acceptors (Lipinski definition) is 3. The number of nitrogens with zero attached hydrogens (tertiary/aromatic N) is 1. The maximum Gasteiger partial charge on any atom is 0.322 e. The van der Waals surface area contributed by atoms with Gasteiger partial charge in [0.2, 0.25) is 5.91 Å². The molecule has 0 aromatic rings. The molecule has 4 amide bonds. The van der Waals surface area contributed by atoms with Crippen LogP contribution in [-0.4, -0.2) is 45.7 Å². The normalized spacial score (nSPS) is 22.9. The highest BCUT2D eigenvalue weighted by Gasteiger charge is 2.49. The average Bonchev–Trinajstić information content (AvgIpc) is 2.53. The lowest BCUT2D eigenvalue weighted by Crippen LogP contribution is -2.57. The van der Waals surface area contributed by atoms with E-state index in [1.807, 2.05) is 0 Å². The van der Waals surface area contributed by atoms with E-state index in [9.17, 15) is 14.4 Å². The fourth-order valence-corrected chi connectivity index (χ4v) is 2.60. The Morgan fingerprint density at radius 1 is 1.33 bits per heavy atom. The van der Waals surface area contributed by atoms with E-state index >= 15 is 0 Å². The third-order valence-corrected chi connectivity index (χ3v) is 3.77. The molecule has 0 aromatic heterocycles. The molecule has 2 heterocycles. The minimum Gasteiger partial charge on any atom is -0.341 e. The van der Waals surface area contributed by atoms with Gasteiger partial charge in [-0.1, -0.05) is 15.9 Å². The van der Waals surface area contributed by atoms with Crippen LogP contribution in [0, 0.1) is 0 Å². The SMILES string of the molecule is CC(C)(Br)C(=O)N1CCC2(CC1)NC(=O)NC2=O. The maximum absolute atomic E-state index is 12.1. The van der Waals surface area contributed by atoms with Crippen LogP contribution < -0.4 is 10.6 Å². The topological polar surface area (TPSA) is 78.5 Å². The second kappa shape index (κ2) is 4.22. The Morgan fingerprint density at radius 2 is 1.89 bits per heavy atom. The predicted molar refractivity (Wildman–Crippen MR) is 68.2 cm³/mol. The van der Waals surface area contributed by atoms with E-state index in [0.717, 1.165) is 0 Å². The Labute approximate surface area is 114 Å². The molecule has 2 aliphatic heterocycles. The molecule has 0 unspecified atom stereocenters. The minimum atomic E-state index is -0.815. The summed E-state index contributed by atoms with van der Waals surface area (Å²) in [6.45, 7) is 4.54. The van der Waals surface area contributed by atoms with Crippen LogP contribution in [-0.2, 0) is 9.59 Å². The van der Waals surface area contributed by atoms with Gasteiger partial charge in [-0.3, -0.25) is 14.9 Å². The van der Waals surface area contributed by atoms with Gasteiger partial charge in [0.15, 0.2) is 0 Å². The first-order chi connectivity index (χ1) is 8.24. The van der Waals surface area contributed by atoms with E-state index in [4.69, 9.17) is 0 Å². The number of piperidine rings is 1. The summed E-state index contributed by atoms with van der Waals surface area (Å²) in [4.78, 5) is 36.7. The van der Waals surface area contributed by atoms with Gasteiger partial charge in [-0.25, -0.2) is 4.79 Å². The third-order valence-electron chi connectivity index (χ3n) is 3.43. The van der Waals surface area contributed by atoms with E-state index in [-0.39, 0.29) is 11.8 Å². The summed E-state index contributed by atoms with van der Waals surface area (Å²) in [6.07, 6.45) is 0.915. The van der Waals surface area contributed by atoms with Crippen molar-refractivity contribution in [3.63, 3.8) is 0 Å². The number of imide groups is 1. The second-order valence-electron chi connectivity index (χ2n) is 5.26. The summed E-state index contributed by atoms with van der Waals surface area (Å²) in [5.41, 5.74) is -0.815. The van der Waals surface area contributed by atoms with Crippen LogP contribution in [0.1, 0.15) is 26.7 Å². The average molecular weight is 318 g/mol. The highest BCUT2D eigenvalue weighted by atomic mass is 79.9. The molecule has 1 spiro atoms. The van der Waals surface area contributed by atoms with Crippen molar-refractivity contribution in [2.24, 2.45) is 0 Å². The summed E-state index contributed by atoms with van der Waals surface area (Å²) in [6, 6.07) is -0.444. The van der Waals surface area contributed by atoms with Gasteiger partial charge >= 0.3 is 6.03 Å². The Hall–Kier alpha value is -1.11. The summed E-state index contributed by atoms with van der Waals surface area (Å²) < 4.78 is -0.599. The van der Waals surface area contributed by atoms with Crippen molar-refractivity contribution in [2.45, 2.75) is 36.6 Å². The van der Waals surface area contributed by atoms with Gasteiger partial charge in [-0.05, 0) is 26.7 Å². The van der Waals surface area contributed by atoms with Crippen LogP contribution in [0.3, 0.4) is 0 Å². The first kappa shape index (κ1) is 13.3. The Bertz CT molecular complexity index is 408. The van der Waals surface area contributed by atoms with Gasteiger partial charge < -0.3 is 10.2 Å². The van der Waals surface area contributed by atoms with Crippen LogP contribution in [0.5, 0.6) is 0 Å². The third kappa shape index (κ3) is 2.23. The maximum atomic E-state index is 12.1. The first-order valence-electron chi connectivity index (χ1n) is 5.86. The van der Waals surface area contributed by atoms with E-state index in [0.29, 0.717) is 25.9 Å². The van der Waals surface area contributed by atoms with Crippen molar-refractivity contribution >= 4 is 33.8 Å². The smallest absolute Gasteiger partial charge is 0.322 e. The molecule has 0 aliphatic carbocycles. The molecule has 6 nitrogen and oxygen atoms in total. The number of hydrogen-bond donors (Lipinski definition) is 2. The van der Waals surface area contributed by atoms with Gasteiger partial charge in [-0.15, -0.1) is 0 Å². The highest BCUT2D eigenvalue weighted by Crippen LogP contribution is 2.28. The fraction of sp³-hybridized carbons (Fsp3) is 0.727. The van der Waals surface area contributed by atoms with Crippen molar-refractivity contribution in [3.8, 4) is 0 Å². The zero-order valence-corrected chi connectivity index (χ0v) is 12.0. The van der Waals surface area contributed by atoms with Gasteiger partial charge in [0, 0.05) is 13.1 Å². The zero-order valence-electron chi connectivity index (χ0n) is 10.4. The number of likely N-dealkylation sites (tertiary alicyclic amines) is 1. The van der Waals surface area contributed by atoms with Gasteiger partial charge in [0.05, 0.1) is 4.32 Å². The molecule has 18 heavy (non-hydrogen) atoms.